The fourth-order valence-corrected chi connectivity index (χ4v) is 3.17. The van der Waals surface area contributed by atoms with Gasteiger partial charge in [0.15, 0.2) is 6.61 Å². The lowest BCUT2D eigenvalue weighted by molar-refractivity contribution is -0.385. The fraction of sp³-hybridized carbons (Fsp3) is 0.294. The van der Waals surface area contributed by atoms with Crippen LogP contribution in [0.4, 0.5) is 10.7 Å². The third-order valence-corrected chi connectivity index (χ3v) is 4.51. The monoisotopic (exact) mass is 378 g/mol. The van der Waals surface area contributed by atoms with Crippen molar-refractivity contribution < 1.29 is 24.0 Å². The highest BCUT2D eigenvalue weighted by Crippen LogP contribution is 2.27. The minimum atomic E-state index is -0.480. The summed E-state index contributed by atoms with van der Waals surface area (Å²) in [4.78, 5) is 34.5. The van der Waals surface area contributed by atoms with Crippen LogP contribution >= 0.6 is 11.3 Å². The Hall–Kier alpha value is -2.94. The predicted molar refractivity (Wildman–Crippen MR) is 97.0 cm³/mol. The predicted octanol–water partition coefficient (Wildman–Crippen LogP) is 3.47. The van der Waals surface area contributed by atoms with Gasteiger partial charge in [-0.05, 0) is 44.5 Å². The van der Waals surface area contributed by atoms with Crippen molar-refractivity contribution in [2.75, 3.05) is 18.5 Å². The van der Waals surface area contributed by atoms with Crippen LogP contribution in [0.2, 0.25) is 0 Å². The molecule has 0 aliphatic rings. The molecule has 0 radical (unpaired) electrons. The molecule has 1 amide bonds. The number of nitrogens with one attached hydrogen (secondary N) is 1. The number of thiophene rings is 1. The van der Waals surface area contributed by atoms with E-state index in [1.165, 1.54) is 18.2 Å². The first-order valence-electron chi connectivity index (χ1n) is 7.77. The number of hydrogen-bond acceptors (Lipinski definition) is 7. The lowest BCUT2D eigenvalue weighted by Crippen LogP contribution is -2.19. The minimum Gasteiger partial charge on any atom is -0.484 e. The van der Waals surface area contributed by atoms with Crippen molar-refractivity contribution in [3.8, 4) is 5.75 Å². The SMILES string of the molecule is CCOC(=O)c1sc(NC(=O)COc2ccc([N+](=O)[O-])c(C)c2)cc1C. The van der Waals surface area contributed by atoms with E-state index >= 15 is 0 Å². The van der Waals surface area contributed by atoms with Gasteiger partial charge >= 0.3 is 5.97 Å². The molecule has 0 spiro atoms. The summed E-state index contributed by atoms with van der Waals surface area (Å²) < 4.78 is 10.3. The van der Waals surface area contributed by atoms with Crippen molar-refractivity contribution in [1.29, 1.82) is 0 Å². The second kappa shape index (κ2) is 8.43. The van der Waals surface area contributed by atoms with Gasteiger partial charge in [-0.2, -0.15) is 0 Å². The molecule has 138 valence electrons. The number of anilines is 1. The zero-order chi connectivity index (χ0) is 19.3. The van der Waals surface area contributed by atoms with Gasteiger partial charge < -0.3 is 14.8 Å². The van der Waals surface area contributed by atoms with Crippen LogP contribution in [-0.2, 0) is 9.53 Å². The standard InChI is InChI=1S/C17H18N2O6S/c1-4-24-17(21)16-11(3)8-15(26-16)18-14(20)9-25-12-5-6-13(19(22)23)10(2)7-12/h5-8H,4,9H2,1-3H3,(H,18,20). The Labute approximate surface area is 153 Å². The number of nitrogens with zero attached hydrogens (tertiary/aromatic N) is 1. The van der Waals surface area contributed by atoms with Gasteiger partial charge in [0.2, 0.25) is 0 Å². The Bertz CT molecular complexity index is 846. The van der Waals surface area contributed by atoms with Gasteiger partial charge in [-0.15, -0.1) is 11.3 Å². The van der Waals surface area contributed by atoms with Crippen LogP contribution in [0.5, 0.6) is 5.75 Å². The maximum absolute atomic E-state index is 12.0. The zero-order valence-corrected chi connectivity index (χ0v) is 15.3. The average molecular weight is 378 g/mol. The third kappa shape index (κ3) is 4.79. The molecular weight excluding hydrogens is 360 g/mol. The van der Waals surface area contributed by atoms with Crippen molar-refractivity contribution >= 4 is 33.9 Å². The van der Waals surface area contributed by atoms with Gasteiger partial charge in [0.05, 0.1) is 16.5 Å². The molecule has 0 atom stereocenters. The summed E-state index contributed by atoms with van der Waals surface area (Å²) in [6.07, 6.45) is 0. The molecule has 0 aliphatic carbocycles. The summed E-state index contributed by atoms with van der Waals surface area (Å²) in [7, 11) is 0. The smallest absolute Gasteiger partial charge is 0.348 e. The molecule has 2 rings (SSSR count). The Morgan fingerprint density at radius 2 is 1.96 bits per heavy atom. The molecule has 1 aromatic carbocycles. The third-order valence-electron chi connectivity index (χ3n) is 3.38. The van der Waals surface area contributed by atoms with Crippen molar-refractivity contribution in [1.82, 2.24) is 0 Å². The molecule has 1 heterocycles. The average Bonchev–Trinajstić information content (AvgIpc) is 2.93. The van der Waals surface area contributed by atoms with Gasteiger partial charge in [-0.1, -0.05) is 0 Å². The van der Waals surface area contributed by atoms with Crippen LogP contribution < -0.4 is 10.1 Å². The highest BCUT2D eigenvalue weighted by atomic mass is 32.1. The Morgan fingerprint density at radius 1 is 1.23 bits per heavy atom. The van der Waals surface area contributed by atoms with Crippen LogP contribution in [0.15, 0.2) is 24.3 Å². The summed E-state index contributed by atoms with van der Waals surface area (Å²) in [6, 6.07) is 5.95. The molecule has 0 bridgehead atoms. The molecule has 2 aromatic rings. The first-order chi connectivity index (χ1) is 12.3. The number of aryl methyl sites for hydroxylation is 2. The van der Waals surface area contributed by atoms with Gasteiger partial charge in [-0.25, -0.2) is 4.79 Å². The largest absolute Gasteiger partial charge is 0.484 e. The molecular formula is C17H18N2O6S. The quantitative estimate of drug-likeness (QED) is 0.449. The normalized spacial score (nSPS) is 10.3. The molecule has 1 N–H and O–H groups in total. The van der Waals surface area contributed by atoms with E-state index < -0.39 is 16.8 Å². The highest BCUT2D eigenvalue weighted by Gasteiger charge is 2.16. The van der Waals surface area contributed by atoms with Crippen molar-refractivity contribution in [3.63, 3.8) is 0 Å². The number of nitro benzene ring substituents is 1. The van der Waals surface area contributed by atoms with E-state index in [0.29, 0.717) is 21.2 Å². The summed E-state index contributed by atoms with van der Waals surface area (Å²) >= 11 is 1.13. The lowest BCUT2D eigenvalue weighted by Gasteiger charge is -2.07. The van der Waals surface area contributed by atoms with E-state index in [9.17, 15) is 19.7 Å². The van der Waals surface area contributed by atoms with Crippen LogP contribution in [0, 0.1) is 24.0 Å². The topological polar surface area (TPSA) is 108 Å². The van der Waals surface area contributed by atoms with E-state index in [-0.39, 0.29) is 18.9 Å². The lowest BCUT2D eigenvalue weighted by atomic mass is 10.2. The molecule has 0 saturated heterocycles. The van der Waals surface area contributed by atoms with Crippen LogP contribution in [0.1, 0.15) is 27.7 Å². The first kappa shape index (κ1) is 19.4. The number of nitro groups is 1. The molecule has 1 aromatic heterocycles. The van der Waals surface area contributed by atoms with Crippen LogP contribution in [0.3, 0.4) is 0 Å². The zero-order valence-electron chi connectivity index (χ0n) is 14.5. The summed E-state index contributed by atoms with van der Waals surface area (Å²) in [5.74, 6) is -0.469. The maximum atomic E-state index is 12.0. The number of ether oxygens (including phenoxy) is 2. The van der Waals surface area contributed by atoms with Crippen LogP contribution in [0.25, 0.3) is 0 Å². The number of carbonyl (C=O) groups excluding carboxylic acids is 2. The minimum absolute atomic E-state index is 0.0117. The fourth-order valence-electron chi connectivity index (χ4n) is 2.19. The van der Waals surface area contributed by atoms with Gasteiger partial charge in [0, 0.05) is 11.6 Å². The molecule has 0 fully saturated rings. The number of benzene rings is 1. The Morgan fingerprint density at radius 3 is 2.58 bits per heavy atom. The second-order valence-corrected chi connectivity index (χ2v) is 6.44. The second-order valence-electron chi connectivity index (χ2n) is 5.39. The first-order valence-corrected chi connectivity index (χ1v) is 8.58. The van der Waals surface area contributed by atoms with E-state index in [1.807, 2.05) is 0 Å². The maximum Gasteiger partial charge on any atom is 0.348 e. The molecule has 0 saturated carbocycles. The van der Waals surface area contributed by atoms with E-state index in [1.54, 1.807) is 26.8 Å². The molecule has 9 heteroatoms. The Balaban J connectivity index is 1.95. The summed E-state index contributed by atoms with van der Waals surface area (Å²) in [6.45, 7) is 5.09. The van der Waals surface area contributed by atoms with E-state index in [0.717, 1.165) is 16.9 Å². The van der Waals surface area contributed by atoms with E-state index in [2.05, 4.69) is 5.32 Å². The molecule has 0 aliphatic heterocycles. The molecule has 26 heavy (non-hydrogen) atoms. The van der Waals surface area contributed by atoms with Crippen molar-refractivity contribution in [2.45, 2.75) is 20.8 Å². The van der Waals surface area contributed by atoms with Gasteiger partial charge in [-0.3, -0.25) is 14.9 Å². The summed E-state index contributed by atoms with van der Waals surface area (Å²) in [5.41, 5.74) is 1.15. The number of hydrogen-bond donors (Lipinski definition) is 1. The van der Waals surface area contributed by atoms with E-state index in [4.69, 9.17) is 9.47 Å². The van der Waals surface area contributed by atoms with Crippen molar-refractivity contribution in [3.05, 3.63) is 50.4 Å². The number of carbonyl (C=O) groups is 2. The number of esters is 1. The molecule has 0 unspecified atom stereocenters. The van der Waals surface area contributed by atoms with Crippen molar-refractivity contribution in [2.24, 2.45) is 0 Å². The molecule has 8 nitrogen and oxygen atoms in total. The number of amides is 1. The van der Waals surface area contributed by atoms with Gasteiger partial charge in [0.1, 0.15) is 10.6 Å². The summed E-state index contributed by atoms with van der Waals surface area (Å²) in [5, 5.41) is 14.0. The highest BCUT2D eigenvalue weighted by molar-refractivity contribution is 7.18. The van der Waals surface area contributed by atoms with Crippen LogP contribution in [-0.4, -0.2) is 30.0 Å². The Kier molecular flexibility index (Phi) is 6.29. The van der Waals surface area contributed by atoms with Gasteiger partial charge in [0.25, 0.3) is 11.6 Å². The number of rotatable bonds is 7.